The van der Waals surface area contributed by atoms with Gasteiger partial charge in [-0.3, -0.25) is 0 Å². The maximum Gasteiger partial charge on any atom is 0.338 e. The van der Waals surface area contributed by atoms with Crippen LogP contribution in [0.1, 0.15) is 17.7 Å². The Morgan fingerprint density at radius 3 is 2.77 bits per heavy atom. The number of carboxylic acids is 1. The molecule has 6 heteroatoms. The summed E-state index contributed by atoms with van der Waals surface area (Å²) in [7, 11) is 0. The number of furan rings is 1. The van der Waals surface area contributed by atoms with Gasteiger partial charge in [0.15, 0.2) is 0 Å². The molecule has 0 aliphatic carbocycles. The Labute approximate surface area is 156 Å². The number of carboxylic acid groups (broad SMARTS) is 1. The third-order valence-electron chi connectivity index (χ3n) is 4.05. The lowest BCUT2D eigenvalue weighted by molar-refractivity contribution is -0.132. The second-order valence-corrected chi connectivity index (χ2v) is 7.05. The van der Waals surface area contributed by atoms with Gasteiger partial charge >= 0.3 is 5.97 Å². The molecular formula is C20H20FNO3S. The van der Waals surface area contributed by atoms with E-state index in [1.54, 1.807) is 36.2 Å². The molecule has 0 saturated heterocycles. The van der Waals surface area contributed by atoms with E-state index < -0.39 is 5.97 Å². The number of aliphatic carboxylic acids is 1. The zero-order valence-electron chi connectivity index (χ0n) is 14.2. The third kappa shape index (κ3) is 4.79. The summed E-state index contributed by atoms with van der Waals surface area (Å²) < 4.78 is 18.3. The molecule has 3 rings (SSSR count). The molecule has 0 amide bonds. The van der Waals surface area contributed by atoms with E-state index in [1.807, 2.05) is 23.1 Å². The second-order valence-electron chi connectivity index (χ2n) is 5.96. The van der Waals surface area contributed by atoms with Gasteiger partial charge in [0.05, 0.1) is 23.4 Å². The van der Waals surface area contributed by atoms with Crippen LogP contribution in [0.3, 0.4) is 0 Å². The Hall–Kier alpha value is -2.47. The first-order valence-electron chi connectivity index (χ1n) is 8.42. The van der Waals surface area contributed by atoms with E-state index in [4.69, 9.17) is 4.42 Å². The van der Waals surface area contributed by atoms with Crippen LogP contribution in [0.25, 0.3) is 0 Å². The second kappa shape index (κ2) is 8.76. The SMILES string of the molecule is O=C(O)C1=C(SCCCc2ccc(F)cc2)N(Cc2ccco2)CC=C1. The van der Waals surface area contributed by atoms with Crippen LogP contribution in [-0.2, 0) is 17.8 Å². The summed E-state index contributed by atoms with van der Waals surface area (Å²) in [6.45, 7) is 1.19. The average Bonchev–Trinajstić information content (AvgIpc) is 3.14. The molecule has 0 fully saturated rings. The summed E-state index contributed by atoms with van der Waals surface area (Å²) >= 11 is 1.54. The number of hydrogen-bond acceptors (Lipinski definition) is 4. The van der Waals surface area contributed by atoms with Crippen LogP contribution in [0.15, 0.2) is 69.8 Å². The van der Waals surface area contributed by atoms with E-state index >= 15 is 0 Å². The monoisotopic (exact) mass is 373 g/mol. The fourth-order valence-electron chi connectivity index (χ4n) is 2.78. The van der Waals surface area contributed by atoms with Gasteiger partial charge in [0.25, 0.3) is 0 Å². The molecule has 0 spiro atoms. The van der Waals surface area contributed by atoms with E-state index in [2.05, 4.69) is 0 Å². The molecule has 1 aliphatic rings. The summed E-state index contributed by atoms with van der Waals surface area (Å²) in [5.74, 6) is 0.425. The summed E-state index contributed by atoms with van der Waals surface area (Å²) in [4.78, 5) is 13.6. The molecule has 1 aromatic heterocycles. The van der Waals surface area contributed by atoms with Crippen molar-refractivity contribution in [3.05, 3.63) is 82.6 Å². The Kier molecular flexibility index (Phi) is 6.17. The summed E-state index contributed by atoms with van der Waals surface area (Å²) in [6, 6.07) is 10.2. The van der Waals surface area contributed by atoms with E-state index in [0.29, 0.717) is 18.7 Å². The molecule has 0 unspecified atom stereocenters. The molecule has 0 bridgehead atoms. The molecular weight excluding hydrogens is 353 g/mol. The van der Waals surface area contributed by atoms with E-state index in [9.17, 15) is 14.3 Å². The fourth-order valence-corrected chi connectivity index (χ4v) is 3.89. The van der Waals surface area contributed by atoms with Gasteiger partial charge in [-0.25, -0.2) is 9.18 Å². The Morgan fingerprint density at radius 2 is 2.08 bits per heavy atom. The van der Waals surface area contributed by atoms with Gasteiger partial charge in [0.2, 0.25) is 0 Å². The largest absolute Gasteiger partial charge is 0.478 e. The molecule has 2 aromatic rings. The number of thioether (sulfide) groups is 1. The minimum absolute atomic E-state index is 0.234. The van der Waals surface area contributed by atoms with Crippen LogP contribution in [0, 0.1) is 5.82 Å². The van der Waals surface area contributed by atoms with Crippen LogP contribution >= 0.6 is 11.8 Å². The van der Waals surface area contributed by atoms with Crippen molar-refractivity contribution in [2.75, 3.05) is 12.3 Å². The van der Waals surface area contributed by atoms with E-state index in [0.717, 1.165) is 34.9 Å². The predicted octanol–water partition coefficient (Wildman–Crippen LogP) is 4.45. The van der Waals surface area contributed by atoms with E-state index in [-0.39, 0.29) is 5.82 Å². The minimum atomic E-state index is -0.925. The predicted molar refractivity (Wildman–Crippen MR) is 100 cm³/mol. The molecule has 0 saturated carbocycles. The number of halogens is 1. The highest BCUT2D eigenvalue weighted by Gasteiger charge is 2.22. The molecule has 0 atom stereocenters. The molecule has 26 heavy (non-hydrogen) atoms. The van der Waals surface area contributed by atoms with Crippen molar-refractivity contribution in [2.45, 2.75) is 19.4 Å². The van der Waals surface area contributed by atoms with Gasteiger partial charge in [0, 0.05) is 6.54 Å². The molecule has 2 heterocycles. The van der Waals surface area contributed by atoms with Crippen LogP contribution in [-0.4, -0.2) is 28.3 Å². The normalized spacial score (nSPS) is 14.1. The van der Waals surface area contributed by atoms with Gasteiger partial charge in [-0.2, -0.15) is 0 Å². The van der Waals surface area contributed by atoms with E-state index in [1.165, 1.54) is 12.1 Å². The van der Waals surface area contributed by atoms with Crippen molar-refractivity contribution in [2.24, 2.45) is 0 Å². The fraction of sp³-hybridized carbons (Fsp3) is 0.250. The smallest absolute Gasteiger partial charge is 0.338 e. The average molecular weight is 373 g/mol. The summed E-state index contributed by atoms with van der Waals surface area (Å²) in [5, 5.41) is 10.3. The van der Waals surface area contributed by atoms with Crippen LogP contribution in [0.4, 0.5) is 4.39 Å². The van der Waals surface area contributed by atoms with Crippen LogP contribution in [0.5, 0.6) is 0 Å². The third-order valence-corrected chi connectivity index (χ3v) is 5.29. The number of hydrogen-bond donors (Lipinski definition) is 1. The number of rotatable bonds is 8. The highest BCUT2D eigenvalue weighted by atomic mass is 32.2. The van der Waals surface area contributed by atoms with Crippen molar-refractivity contribution in [3.63, 3.8) is 0 Å². The first-order chi connectivity index (χ1) is 12.6. The first kappa shape index (κ1) is 18.3. The Bertz CT molecular complexity index is 797. The van der Waals surface area contributed by atoms with Gasteiger partial charge in [-0.05, 0) is 54.5 Å². The molecule has 136 valence electrons. The van der Waals surface area contributed by atoms with Crippen molar-refractivity contribution in [3.8, 4) is 0 Å². The first-order valence-corrected chi connectivity index (χ1v) is 9.41. The zero-order chi connectivity index (χ0) is 18.4. The standard InChI is InChI=1S/C20H20FNO3S/c21-16-9-7-15(8-10-16)4-3-13-26-19-18(20(23)24)6-1-11-22(19)14-17-5-2-12-25-17/h1-2,5-10,12H,3-4,11,13-14H2,(H,23,24). The van der Waals surface area contributed by atoms with Gasteiger partial charge < -0.3 is 14.4 Å². The van der Waals surface area contributed by atoms with Crippen molar-refractivity contribution in [1.82, 2.24) is 4.90 Å². The van der Waals surface area contributed by atoms with Gasteiger partial charge in [0.1, 0.15) is 11.6 Å². The maximum absolute atomic E-state index is 12.9. The number of nitrogens with zero attached hydrogens (tertiary/aromatic N) is 1. The van der Waals surface area contributed by atoms with Gasteiger partial charge in [-0.1, -0.05) is 18.2 Å². The Morgan fingerprint density at radius 1 is 1.27 bits per heavy atom. The molecule has 0 radical (unpaired) electrons. The zero-order valence-corrected chi connectivity index (χ0v) is 15.0. The summed E-state index contributed by atoms with van der Waals surface area (Å²) in [5.41, 5.74) is 1.39. The van der Waals surface area contributed by atoms with Crippen molar-refractivity contribution >= 4 is 17.7 Å². The lowest BCUT2D eigenvalue weighted by atomic mass is 10.1. The highest BCUT2D eigenvalue weighted by molar-refractivity contribution is 8.03. The van der Waals surface area contributed by atoms with Crippen LogP contribution in [0.2, 0.25) is 0 Å². The van der Waals surface area contributed by atoms with Gasteiger partial charge in [-0.15, -0.1) is 11.8 Å². The minimum Gasteiger partial charge on any atom is -0.478 e. The summed E-state index contributed by atoms with van der Waals surface area (Å²) in [6.07, 6.45) is 6.85. The highest BCUT2D eigenvalue weighted by Crippen LogP contribution is 2.30. The lowest BCUT2D eigenvalue weighted by Crippen LogP contribution is -2.26. The quantitative estimate of drug-likeness (QED) is 0.693. The van der Waals surface area contributed by atoms with Crippen LogP contribution < -0.4 is 0 Å². The number of carbonyl (C=O) groups is 1. The van der Waals surface area contributed by atoms with Crippen molar-refractivity contribution in [1.29, 1.82) is 0 Å². The number of benzene rings is 1. The molecule has 1 aliphatic heterocycles. The lowest BCUT2D eigenvalue weighted by Gasteiger charge is -2.28. The molecule has 1 N–H and O–H groups in total. The molecule has 1 aromatic carbocycles. The topological polar surface area (TPSA) is 53.7 Å². The van der Waals surface area contributed by atoms with Crippen molar-refractivity contribution < 1.29 is 18.7 Å². The number of aryl methyl sites for hydroxylation is 1. The molecule has 4 nitrogen and oxygen atoms in total. The Balaban J connectivity index is 1.63. The maximum atomic E-state index is 12.9.